The van der Waals surface area contributed by atoms with Gasteiger partial charge in [0.25, 0.3) is 0 Å². The van der Waals surface area contributed by atoms with Crippen LogP contribution in [0.4, 0.5) is 0 Å². The van der Waals surface area contributed by atoms with Crippen LogP contribution in [0, 0.1) is 0 Å². The Morgan fingerprint density at radius 3 is 2.06 bits per heavy atom. The van der Waals surface area contributed by atoms with Crippen molar-refractivity contribution in [2.45, 2.75) is 25.0 Å². The summed E-state index contributed by atoms with van der Waals surface area (Å²) in [4.78, 5) is 26.3. The predicted octanol–water partition coefficient (Wildman–Crippen LogP) is 5.28. The lowest BCUT2D eigenvalue weighted by atomic mass is 9.95. The summed E-state index contributed by atoms with van der Waals surface area (Å²) in [7, 11) is 1.33. The normalized spacial score (nSPS) is 12.8. The third-order valence-electron chi connectivity index (χ3n) is 6.48. The van der Waals surface area contributed by atoms with Gasteiger partial charge in [-0.3, -0.25) is 4.79 Å². The molecule has 0 unspecified atom stereocenters. The van der Waals surface area contributed by atoms with E-state index in [0.29, 0.717) is 12.4 Å². The standard InChI is InChI=1S/C31H27NO4/c1-35-31(34)28(19-22-12-9-13-23(18-22)36-20-21-10-3-2-4-11-21)32-30(33)29-26-16-7-5-14-24(26)25-15-6-8-17-27(25)29/h2-18,28-29H,19-20H2,1H3,(H,32,33)/t28-/m1/s1. The Kier molecular flexibility index (Phi) is 6.80. The molecular formula is C31H27NO4. The number of ether oxygens (including phenoxy) is 2. The summed E-state index contributed by atoms with van der Waals surface area (Å²) in [5, 5.41) is 2.96. The topological polar surface area (TPSA) is 64.6 Å². The number of hydrogen-bond acceptors (Lipinski definition) is 4. The lowest BCUT2D eigenvalue weighted by Crippen LogP contribution is -2.45. The Balaban J connectivity index is 1.34. The van der Waals surface area contributed by atoms with Gasteiger partial charge >= 0.3 is 5.97 Å². The van der Waals surface area contributed by atoms with Crippen molar-refractivity contribution in [3.05, 3.63) is 125 Å². The average Bonchev–Trinajstić information content (AvgIpc) is 3.26. The van der Waals surface area contributed by atoms with E-state index in [2.05, 4.69) is 5.32 Å². The molecule has 4 aromatic rings. The number of carbonyl (C=O) groups is 2. The molecule has 1 N–H and O–H groups in total. The SMILES string of the molecule is COC(=O)[C@@H](Cc1cccc(OCc2ccccc2)c1)NC(=O)C1c2ccccc2-c2ccccc21. The van der Waals surface area contributed by atoms with Crippen LogP contribution < -0.4 is 10.1 Å². The quantitative estimate of drug-likeness (QED) is 0.351. The van der Waals surface area contributed by atoms with E-state index in [4.69, 9.17) is 9.47 Å². The van der Waals surface area contributed by atoms with Gasteiger partial charge in [0.15, 0.2) is 0 Å². The monoisotopic (exact) mass is 477 g/mol. The highest BCUT2D eigenvalue weighted by Crippen LogP contribution is 2.44. The maximum Gasteiger partial charge on any atom is 0.328 e. The second kappa shape index (κ2) is 10.5. The second-order valence-corrected chi connectivity index (χ2v) is 8.82. The summed E-state index contributed by atoms with van der Waals surface area (Å²) in [5.41, 5.74) is 5.91. The Labute approximate surface area is 210 Å². The van der Waals surface area contributed by atoms with Crippen LogP contribution in [-0.4, -0.2) is 25.0 Å². The fourth-order valence-corrected chi connectivity index (χ4v) is 4.77. The molecule has 1 amide bonds. The Morgan fingerprint density at radius 1 is 0.778 bits per heavy atom. The van der Waals surface area contributed by atoms with Gasteiger partial charge in [-0.15, -0.1) is 0 Å². The highest BCUT2D eigenvalue weighted by molar-refractivity contribution is 5.97. The van der Waals surface area contributed by atoms with Crippen molar-refractivity contribution < 1.29 is 19.1 Å². The van der Waals surface area contributed by atoms with E-state index in [1.165, 1.54) is 7.11 Å². The molecule has 5 rings (SSSR count). The molecule has 36 heavy (non-hydrogen) atoms. The summed E-state index contributed by atoms with van der Waals surface area (Å²) >= 11 is 0. The van der Waals surface area contributed by atoms with E-state index in [1.54, 1.807) is 0 Å². The van der Waals surface area contributed by atoms with Crippen molar-refractivity contribution in [2.24, 2.45) is 0 Å². The predicted molar refractivity (Wildman–Crippen MR) is 139 cm³/mol. The summed E-state index contributed by atoms with van der Waals surface area (Å²) < 4.78 is 11.0. The Hall–Kier alpha value is -4.38. The molecule has 0 fully saturated rings. The highest BCUT2D eigenvalue weighted by atomic mass is 16.5. The van der Waals surface area contributed by atoms with E-state index in [9.17, 15) is 9.59 Å². The molecule has 0 saturated carbocycles. The summed E-state index contributed by atoms with van der Waals surface area (Å²) in [5.74, 6) is -0.493. The first-order chi connectivity index (χ1) is 17.6. The highest BCUT2D eigenvalue weighted by Gasteiger charge is 2.35. The van der Waals surface area contributed by atoms with Crippen molar-refractivity contribution in [1.29, 1.82) is 0 Å². The van der Waals surface area contributed by atoms with Gasteiger partial charge in [0.05, 0.1) is 13.0 Å². The molecule has 1 aliphatic rings. The minimum atomic E-state index is -0.827. The van der Waals surface area contributed by atoms with Gasteiger partial charge in [-0.25, -0.2) is 4.79 Å². The van der Waals surface area contributed by atoms with E-state index in [1.807, 2.05) is 103 Å². The molecule has 5 heteroatoms. The van der Waals surface area contributed by atoms with Crippen LogP contribution in [0.3, 0.4) is 0 Å². The fourth-order valence-electron chi connectivity index (χ4n) is 4.77. The van der Waals surface area contributed by atoms with Gasteiger partial charge in [-0.1, -0.05) is 91.0 Å². The van der Waals surface area contributed by atoms with Crippen LogP contribution in [0.5, 0.6) is 5.75 Å². The van der Waals surface area contributed by atoms with Crippen molar-refractivity contribution in [1.82, 2.24) is 5.32 Å². The zero-order valence-corrected chi connectivity index (χ0v) is 20.0. The van der Waals surface area contributed by atoms with Crippen LogP contribution in [-0.2, 0) is 27.4 Å². The number of amides is 1. The lowest BCUT2D eigenvalue weighted by molar-refractivity contribution is -0.145. The minimum absolute atomic E-state index is 0.223. The van der Waals surface area contributed by atoms with Gasteiger partial charge in [-0.05, 0) is 45.5 Å². The molecule has 0 bridgehead atoms. The van der Waals surface area contributed by atoms with Crippen molar-refractivity contribution in [3.63, 3.8) is 0 Å². The van der Waals surface area contributed by atoms with Crippen molar-refractivity contribution in [2.75, 3.05) is 7.11 Å². The molecule has 0 radical (unpaired) electrons. The van der Waals surface area contributed by atoms with Crippen molar-refractivity contribution >= 4 is 11.9 Å². The van der Waals surface area contributed by atoms with Crippen LogP contribution in [0.1, 0.15) is 28.2 Å². The van der Waals surface area contributed by atoms with Gasteiger partial charge in [-0.2, -0.15) is 0 Å². The second-order valence-electron chi connectivity index (χ2n) is 8.82. The smallest absolute Gasteiger partial charge is 0.328 e. The largest absolute Gasteiger partial charge is 0.489 e. The maximum absolute atomic E-state index is 13.6. The summed E-state index contributed by atoms with van der Waals surface area (Å²) in [6.07, 6.45) is 0.289. The number of nitrogens with one attached hydrogen (secondary N) is 1. The van der Waals surface area contributed by atoms with Crippen LogP contribution in [0.2, 0.25) is 0 Å². The number of rotatable bonds is 8. The van der Waals surface area contributed by atoms with Gasteiger partial charge in [0.2, 0.25) is 5.91 Å². The third kappa shape index (κ3) is 4.86. The first kappa shape index (κ1) is 23.4. The number of esters is 1. The van der Waals surface area contributed by atoms with E-state index >= 15 is 0 Å². The molecule has 0 aliphatic heterocycles. The molecule has 0 spiro atoms. The molecule has 0 saturated heterocycles. The third-order valence-corrected chi connectivity index (χ3v) is 6.48. The summed E-state index contributed by atoms with van der Waals surface area (Å²) in [6.45, 7) is 0.446. The van der Waals surface area contributed by atoms with Gasteiger partial charge < -0.3 is 14.8 Å². The number of benzene rings is 4. The number of hydrogen-bond donors (Lipinski definition) is 1. The van der Waals surface area contributed by atoms with Crippen LogP contribution in [0.25, 0.3) is 11.1 Å². The minimum Gasteiger partial charge on any atom is -0.489 e. The zero-order valence-electron chi connectivity index (χ0n) is 20.0. The van der Waals surface area contributed by atoms with E-state index in [-0.39, 0.29) is 12.3 Å². The van der Waals surface area contributed by atoms with Gasteiger partial charge in [0.1, 0.15) is 18.4 Å². The first-order valence-electron chi connectivity index (χ1n) is 12.0. The molecule has 0 aromatic heterocycles. The molecule has 0 heterocycles. The molecule has 180 valence electrons. The number of fused-ring (bicyclic) bond motifs is 3. The van der Waals surface area contributed by atoms with E-state index in [0.717, 1.165) is 33.4 Å². The van der Waals surface area contributed by atoms with Crippen LogP contribution in [0.15, 0.2) is 103 Å². The molecule has 4 aromatic carbocycles. The van der Waals surface area contributed by atoms with Gasteiger partial charge in [0, 0.05) is 6.42 Å². The Morgan fingerprint density at radius 2 is 1.39 bits per heavy atom. The number of carbonyl (C=O) groups excluding carboxylic acids is 2. The first-order valence-corrected chi connectivity index (χ1v) is 12.0. The molecule has 5 nitrogen and oxygen atoms in total. The molecule has 1 atom stereocenters. The van der Waals surface area contributed by atoms with Crippen molar-refractivity contribution in [3.8, 4) is 16.9 Å². The average molecular weight is 478 g/mol. The molecule has 1 aliphatic carbocycles. The molecular weight excluding hydrogens is 450 g/mol. The zero-order chi connectivity index (χ0) is 24.9. The maximum atomic E-state index is 13.6. The number of methoxy groups -OCH3 is 1. The summed E-state index contributed by atoms with van der Waals surface area (Å²) in [6, 6.07) is 32.5. The lowest BCUT2D eigenvalue weighted by Gasteiger charge is -2.20. The fraction of sp³-hybridized carbons (Fsp3) is 0.161. The van der Waals surface area contributed by atoms with E-state index < -0.39 is 17.9 Å². The van der Waals surface area contributed by atoms with Crippen LogP contribution >= 0.6 is 0 Å². The Bertz CT molecular complexity index is 1340.